The second-order valence-electron chi connectivity index (χ2n) is 4.51. The quantitative estimate of drug-likeness (QED) is 0.904. The Kier molecular flexibility index (Phi) is 5.07. The van der Waals surface area contributed by atoms with Crippen molar-refractivity contribution in [2.75, 3.05) is 19.8 Å². The highest BCUT2D eigenvalue weighted by Gasteiger charge is 2.28. The number of furan rings is 1. The molecular weight excluding hydrogens is 282 g/mol. The van der Waals surface area contributed by atoms with Crippen molar-refractivity contribution < 1.29 is 9.15 Å². The molecule has 0 radical (unpaired) electrons. The molecule has 1 fully saturated rings. The second kappa shape index (κ2) is 6.57. The lowest BCUT2D eigenvalue weighted by Gasteiger charge is -2.30. The Hall–Kier alpha value is -0.320. The van der Waals surface area contributed by atoms with Gasteiger partial charge in [-0.3, -0.25) is 0 Å². The average Bonchev–Trinajstić information content (AvgIpc) is 2.78. The van der Waals surface area contributed by atoms with Crippen LogP contribution in [-0.2, 0) is 4.74 Å². The largest absolute Gasteiger partial charge is 0.466 e. The van der Waals surface area contributed by atoms with E-state index < -0.39 is 0 Å². The molecule has 96 valence electrons. The van der Waals surface area contributed by atoms with Crippen molar-refractivity contribution in [2.24, 2.45) is 5.92 Å². The van der Waals surface area contributed by atoms with Gasteiger partial charge in [0.2, 0.25) is 0 Å². The first-order valence-electron chi connectivity index (χ1n) is 6.37. The van der Waals surface area contributed by atoms with Crippen molar-refractivity contribution >= 4 is 15.9 Å². The fourth-order valence-electron chi connectivity index (χ4n) is 2.35. The summed E-state index contributed by atoms with van der Waals surface area (Å²) in [6, 6.07) is 2.28. The van der Waals surface area contributed by atoms with E-state index in [0.717, 1.165) is 49.3 Å². The Balaban J connectivity index is 2.09. The lowest BCUT2D eigenvalue weighted by molar-refractivity contribution is 0.0505. The highest BCUT2D eigenvalue weighted by atomic mass is 79.9. The number of hydrogen-bond donors (Lipinski definition) is 1. The number of nitrogens with one attached hydrogen (secondary N) is 1. The fraction of sp³-hybridized carbons (Fsp3) is 0.692. The van der Waals surface area contributed by atoms with Crippen LogP contribution in [0.25, 0.3) is 0 Å². The zero-order valence-corrected chi connectivity index (χ0v) is 11.8. The molecule has 1 unspecified atom stereocenters. The second-order valence-corrected chi connectivity index (χ2v) is 5.37. The molecule has 1 aliphatic heterocycles. The van der Waals surface area contributed by atoms with Crippen LogP contribution in [0.3, 0.4) is 0 Å². The van der Waals surface area contributed by atoms with Crippen molar-refractivity contribution in [2.45, 2.75) is 32.2 Å². The molecule has 4 heteroatoms. The Bertz CT molecular complexity index is 334. The molecule has 17 heavy (non-hydrogen) atoms. The van der Waals surface area contributed by atoms with E-state index in [1.807, 2.05) is 6.07 Å². The molecule has 1 atom stereocenters. The summed E-state index contributed by atoms with van der Waals surface area (Å²) in [5.74, 6) is 1.64. The van der Waals surface area contributed by atoms with Crippen LogP contribution in [0, 0.1) is 5.92 Å². The average molecular weight is 302 g/mol. The lowest BCUT2D eigenvalue weighted by atomic mass is 9.90. The number of hydrogen-bond acceptors (Lipinski definition) is 3. The summed E-state index contributed by atoms with van der Waals surface area (Å²) in [5.41, 5.74) is 0. The van der Waals surface area contributed by atoms with Gasteiger partial charge in [-0.15, -0.1) is 0 Å². The predicted octanol–water partition coefficient (Wildman–Crippen LogP) is 3.51. The molecule has 1 N–H and O–H groups in total. The Morgan fingerprint density at radius 2 is 2.24 bits per heavy atom. The molecule has 0 spiro atoms. The molecule has 3 nitrogen and oxygen atoms in total. The molecule has 0 amide bonds. The molecule has 1 saturated heterocycles. The lowest BCUT2D eigenvalue weighted by Crippen LogP contribution is -2.32. The Morgan fingerprint density at radius 3 is 2.82 bits per heavy atom. The van der Waals surface area contributed by atoms with E-state index in [4.69, 9.17) is 9.15 Å². The number of ether oxygens (including phenoxy) is 1. The van der Waals surface area contributed by atoms with Crippen LogP contribution in [0.4, 0.5) is 0 Å². The molecule has 1 aromatic rings. The van der Waals surface area contributed by atoms with Crippen LogP contribution in [0.5, 0.6) is 0 Å². The molecule has 1 aliphatic rings. The molecular formula is C13H20BrNO2. The minimum Gasteiger partial charge on any atom is -0.466 e. The van der Waals surface area contributed by atoms with E-state index >= 15 is 0 Å². The van der Waals surface area contributed by atoms with Gasteiger partial charge >= 0.3 is 0 Å². The van der Waals surface area contributed by atoms with Crippen molar-refractivity contribution in [1.82, 2.24) is 5.32 Å². The molecule has 2 heterocycles. The third kappa shape index (κ3) is 3.33. The van der Waals surface area contributed by atoms with Gasteiger partial charge in [0.05, 0.1) is 16.8 Å². The van der Waals surface area contributed by atoms with Gasteiger partial charge in [0, 0.05) is 13.2 Å². The standard InChI is InChI=1S/C13H20BrNO2/c1-2-6-15-12(10-3-7-16-8-4-10)13-11(14)5-9-17-13/h5,9-10,12,15H,2-4,6-8H2,1H3. The summed E-state index contributed by atoms with van der Waals surface area (Å²) in [6.07, 6.45) is 5.10. The summed E-state index contributed by atoms with van der Waals surface area (Å²) in [6.45, 7) is 4.95. The van der Waals surface area contributed by atoms with Crippen LogP contribution in [0.2, 0.25) is 0 Å². The van der Waals surface area contributed by atoms with E-state index in [-0.39, 0.29) is 0 Å². The van der Waals surface area contributed by atoms with Gasteiger partial charge in [0.15, 0.2) is 0 Å². The Morgan fingerprint density at radius 1 is 1.47 bits per heavy atom. The molecule has 0 aromatic carbocycles. The maximum Gasteiger partial charge on any atom is 0.135 e. The zero-order valence-electron chi connectivity index (χ0n) is 10.2. The smallest absolute Gasteiger partial charge is 0.135 e. The van der Waals surface area contributed by atoms with Gasteiger partial charge in [-0.05, 0) is 53.7 Å². The molecule has 0 saturated carbocycles. The van der Waals surface area contributed by atoms with E-state index in [1.54, 1.807) is 6.26 Å². The van der Waals surface area contributed by atoms with Crippen molar-refractivity contribution in [3.8, 4) is 0 Å². The fourth-order valence-corrected chi connectivity index (χ4v) is 2.80. The molecule has 0 aliphatic carbocycles. The minimum absolute atomic E-state index is 0.309. The minimum atomic E-state index is 0.309. The highest BCUT2D eigenvalue weighted by molar-refractivity contribution is 9.10. The number of rotatable bonds is 5. The molecule has 2 rings (SSSR count). The topological polar surface area (TPSA) is 34.4 Å². The summed E-state index contributed by atoms with van der Waals surface area (Å²) < 4.78 is 12.1. The maximum atomic E-state index is 5.63. The summed E-state index contributed by atoms with van der Waals surface area (Å²) >= 11 is 3.56. The van der Waals surface area contributed by atoms with Crippen LogP contribution in [0.1, 0.15) is 38.0 Å². The summed E-state index contributed by atoms with van der Waals surface area (Å²) in [4.78, 5) is 0. The zero-order chi connectivity index (χ0) is 12.1. The van der Waals surface area contributed by atoms with Crippen LogP contribution in [0.15, 0.2) is 21.2 Å². The SMILES string of the molecule is CCCNC(c1occc1Br)C1CCOCC1. The van der Waals surface area contributed by atoms with Gasteiger partial charge in [-0.1, -0.05) is 6.92 Å². The van der Waals surface area contributed by atoms with Gasteiger partial charge < -0.3 is 14.5 Å². The van der Waals surface area contributed by atoms with Gasteiger partial charge in [0.25, 0.3) is 0 Å². The van der Waals surface area contributed by atoms with Crippen molar-refractivity contribution in [3.05, 3.63) is 22.6 Å². The molecule has 0 bridgehead atoms. The first-order valence-corrected chi connectivity index (χ1v) is 7.16. The highest BCUT2D eigenvalue weighted by Crippen LogP contribution is 2.34. The van der Waals surface area contributed by atoms with Gasteiger partial charge in [0.1, 0.15) is 5.76 Å². The van der Waals surface area contributed by atoms with Gasteiger partial charge in [-0.2, -0.15) is 0 Å². The molecule has 1 aromatic heterocycles. The third-order valence-electron chi connectivity index (χ3n) is 3.28. The monoisotopic (exact) mass is 301 g/mol. The summed E-state index contributed by atoms with van der Waals surface area (Å²) in [5, 5.41) is 3.60. The maximum absolute atomic E-state index is 5.63. The van der Waals surface area contributed by atoms with E-state index in [9.17, 15) is 0 Å². The normalized spacial score (nSPS) is 19.4. The third-order valence-corrected chi connectivity index (χ3v) is 3.93. The van der Waals surface area contributed by atoms with E-state index in [1.165, 1.54) is 0 Å². The van der Waals surface area contributed by atoms with E-state index in [2.05, 4.69) is 28.2 Å². The van der Waals surface area contributed by atoms with Crippen LogP contribution < -0.4 is 5.32 Å². The van der Waals surface area contributed by atoms with Crippen molar-refractivity contribution in [1.29, 1.82) is 0 Å². The first-order chi connectivity index (χ1) is 8.33. The van der Waals surface area contributed by atoms with Crippen LogP contribution in [-0.4, -0.2) is 19.8 Å². The van der Waals surface area contributed by atoms with E-state index in [0.29, 0.717) is 12.0 Å². The summed E-state index contributed by atoms with van der Waals surface area (Å²) in [7, 11) is 0. The van der Waals surface area contributed by atoms with Crippen LogP contribution >= 0.6 is 15.9 Å². The Labute approximate surface area is 111 Å². The number of halogens is 1. The van der Waals surface area contributed by atoms with Gasteiger partial charge in [-0.25, -0.2) is 0 Å². The predicted molar refractivity (Wildman–Crippen MR) is 71.0 cm³/mol. The van der Waals surface area contributed by atoms with Crippen molar-refractivity contribution in [3.63, 3.8) is 0 Å². The first kappa shape index (κ1) is 13.1.